The number of carbonyl (C=O) groups excluding carboxylic acids is 1. The molecule has 25 heavy (non-hydrogen) atoms. The van der Waals surface area contributed by atoms with Gasteiger partial charge >= 0.3 is 0 Å². The molecular weight excluding hydrogens is 503 g/mol. The van der Waals surface area contributed by atoms with Crippen LogP contribution in [0, 0.1) is 13.7 Å². The third-order valence-electron chi connectivity index (χ3n) is 3.08. The van der Waals surface area contributed by atoms with Gasteiger partial charge in [0.1, 0.15) is 6.17 Å². The molecule has 10 heteroatoms. The van der Waals surface area contributed by atoms with Gasteiger partial charge in [-0.15, -0.1) is 0 Å². The molecule has 0 fully saturated rings. The minimum Gasteiger partial charge on any atom is -0.362 e. The van der Waals surface area contributed by atoms with E-state index >= 15 is 0 Å². The van der Waals surface area contributed by atoms with E-state index in [1.165, 1.54) is 24.3 Å². The molecule has 0 saturated heterocycles. The summed E-state index contributed by atoms with van der Waals surface area (Å²) in [4.78, 5) is 22.5. The fourth-order valence-electron chi connectivity index (χ4n) is 1.89. The average Bonchev–Trinajstić information content (AvgIpc) is 2.53. The minimum atomic E-state index is -1.85. The van der Waals surface area contributed by atoms with Crippen LogP contribution in [0.4, 0.5) is 11.4 Å². The first-order chi connectivity index (χ1) is 11.7. The Bertz CT molecular complexity index is 782. The van der Waals surface area contributed by atoms with Crippen molar-refractivity contribution in [2.75, 3.05) is 5.32 Å². The molecule has 0 unspecified atom stereocenters. The van der Waals surface area contributed by atoms with E-state index in [9.17, 15) is 14.9 Å². The molecule has 2 rings (SSSR count). The minimum absolute atomic E-state index is 0.0705. The predicted octanol–water partition coefficient (Wildman–Crippen LogP) is 4.74. The van der Waals surface area contributed by atoms with Crippen LogP contribution < -0.4 is 10.6 Å². The maximum Gasteiger partial charge on any atom is 0.269 e. The number of alkyl halides is 3. The van der Waals surface area contributed by atoms with Gasteiger partial charge in [0.2, 0.25) is 3.79 Å². The molecule has 0 bridgehead atoms. The highest BCUT2D eigenvalue weighted by molar-refractivity contribution is 14.1. The van der Waals surface area contributed by atoms with Gasteiger partial charge in [-0.1, -0.05) is 40.9 Å². The lowest BCUT2D eigenvalue weighted by molar-refractivity contribution is -0.384. The van der Waals surface area contributed by atoms with Crippen LogP contribution >= 0.6 is 57.4 Å². The van der Waals surface area contributed by atoms with Gasteiger partial charge in [0.15, 0.2) is 0 Å². The van der Waals surface area contributed by atoms with Crippen molar-refractivity contribution in [3.8, 4) is 0 Å². The predicted molar refractivity (Wildman–Crippen MR) is 107 cm³/mol. The maximum atomic E-state index is 12.4. The number of hydrogen-bond donors (Lipinski definition) is 2. The van der Waals surface area contributed by atoms with Crippen molar-refractivity contribution in [1.82, 2.24) is 5.32 Å². The van der Waals surface area contributed by atoms with Crippen molar-refractivity contribution in [1.29, 1.82) is 0 Å². The van der Waals surface area contributed by atoms with E-state index in [4.69, 9.17) is 34.8 Å². The van der Waals surface area contributed by atoms with Gasteiger partial charge in [-0.2, -0.15) is 0 Å². The van der Waals surface area contributed by atoms with E-state index in [1.807, 2.05) is 6.07 Å². The molecule has 132 valence electrons. The van der Waals surface area contributed by atoms with Crippen molar-refractivity contribution < 1.29 is 9.72 Å². The van der Waals surface area contributed by atoms with Crippen molar-refractivity contribution >= 4 is 74.7 Å². The summed E-state index contributed by atoms with van der Waals surface area (Å²) in [6.07, 6.45) is -1.05. The van der Waals surface area contributed by atoms with Crippen molar-refractivity contribution in [3.63, 3.8) is 0 Å². The first-order valence-corrected chi connectivity index (χ1v) is 9.02. The lowest BCUT2D eigenvalue weighted by Crippen LogP contribution is -2.49. The second-order valence-corrected chi connectivity index (χ2v) is 8.52. The number of halogens is 4. The Morgan fingerprint density at radius 1 is 1.16 bits per heavy atom. The number of nitro benzene ring substituents is 1. The normalized spacial score (nSPS) is 12.3. The number of anilines is 1. The summed E-state index contributed by atoms with van der Waals surface area (Å²) in [6.45, 7) is 0. The molecule has 2 aromatic rings. The lowest BCUT2D eigenvalue weighted by atomic mass is 10.2. The summed E-state index contributed by atoms with van der Waals surface area (Å²) in [5.74, 6) is -0.427. The van der Waals surface area contributed by atoms with Gasteiger partial charge in [-0.05, 0) is 52.9 Å². The fourth-order valence-corrected chi connectivity index (χ4v) is 2.76. The molecule has 0 heterocycles. The average molecular weight is 515 g/mol. The van der Waals surface area contributed by atoms with E-state index in [0.29, 0.717) is 11.3 Å². The van der Waals surface area contributed by atoms with Crippen LogP contribution in [0.25, 0.3) is 0 Å². The van der Waals surface area contributed by atoms with Gasteiger partial charge in [-0.25, -0.2) is 0 Å². The van der Waals surface area contributed by atoms with Crippen LogP contribution in [0.5, 0.6) is 0 Å². The van der Waals surface area contributed by atoms with Gasteiger partial charge in [0.25, 0.3) is 11.6 Å². The van der Waals surface area contributed by atoms with Gasteiger partial charge in [-0.3, -0.25) is 14.9 Å². The standard InChI is InChI=1S/C15H11Cl3IN3O3/c16-15(17,18)14(20-11-4-6-12(7-5-11)22(24)25)21-13(23)9-2-1-3-10(19)8-9/h1-8,14,20H,(H,21,23)/t14-/m0/s1. The van der Waals surface area contributed by atoms with E-state index in [2.05, 4.69) is 33.2 Å². The van der Waals surface area contributed by atoms with E-state index in [-0.39, 0.29) is 5.69 Å². The number of amides is 1. The number of nitro groups is 1. The molecule has 2 aromatic carbocycles. The second kappa shape index (κ2) is 8.39. The highest BCUT2D eigenvalue weighted by Crippen LogP contribution is 2.31. The number of carbonyl (C=O) groups is 1. The molecule has 2 N–H and O–H groups in total. The highest BCUT2D eigenvalue weighted by atomic mass is 127. The lowest BCUT2D eigenvalue weighted by Gasteiger charge is -2.27. The van der Waals surface area contributed by atoms with Gasteiger partial charge in [0.05, 0.1) is 4.92 Å². The summed E-state index contributed by atoms with van der Waals surface area (Å²) in [6, 6.07) is 12.4. The molecule has 0 radical (unpaired) electrons. The molecule has 1 atom stereocenters. The fraction of sp³-hybridized carbons (Fsp3) is 0.133. The van der Waals surface area contributed by atoms with Crippen LogP contribution in [-0.4, -0.2) is 20.8 Å². The molecule has 0 aliphatic carbocycles. The number of non-ortho nitro benzene ring substituents is 1. The Labute approximate surface area is 172 Å². The monoisotopic (exact) mass is 513 g/mol. The van der Waals surface area contributed by atoms with Crippen LogP contribution in [0.3, 0.4) is 0 Å². The SMILES string of the molecule is O=C(N[C@H](Nc1ccc([N+](=O)[O-])cc1)C(Cl)(Cl)Cl)c1cccc(I)c1. The van der Waals surface area contributed by atoms with Crippen LogP contribution in [0.15, 0.2) is 48.5 Å². The van der Waals surface area contributed by atoms with Crippen LogP contribution in [0.1, 0.15) is 10.4 Å². The number of benzene rings is 2. The molecule has 0 aliphatic heterocycles. The van der Waals surface area contributed by atoms with E-state index < -0.39 is 20.8 Å². The molecular formula is C15H11Cl3IN3O3. The molecule has 1 amide bonds. The highest BCUT2D eigenvalue weighted by Gasteiger charge is 2.34. The Balaban J connectivity index is 2.16. The van der Waals surface area contributed by atoms with Crippen molar-refractivity contribution in [2.24, 2.45) is 0 Å². The molecule has 6 nitrogen and oxygen atoms in total. The van der Waals surface area contributed by atoms with E-state index in [0.717, 1.165) is 3.57 Å². The molecule has 0 saturated carbocycles. The number of rotatable bonds is 5. The Kier molecular flexibility index (Phi) is 6.72. The number of nitrogens with one attached hydrogen (secondary N) is 2. The second-order valence-electron chi connectivity index (χ2n) is 4.91. The van der Waals surface area contributed by atoms with Crippen molar-refractivity contribution in [2.45, 2.75) is 9.96 Å². The Hall–Kier alpha value is -1.29. The third-order valence-corrected chi connectivity index (χ3v) is 4.40. The largest absolute Gasteiger partial charge is 0.362 e. The summed E-state index contributed by atoms with van der Waals surface area (Å²) < 4.78 is -0.960. The molecule has 0 aromatic heterocycles. The van der Waals surface area contributed by atoms with Gasteiger partial charge in [0, 0.05) is 27.0 Å². The molecule has 0 aliphatic rings. The first-order valence-electron chi connectivity index (χ1n) is 6.81. The van der Waals surface area contributed by atoms with E-state index in [1.54, 1.807) is 18.2 Å². The zero-order valence-corrected chi connectivity index (χ0v) is 16.8. The van der Waals surface area contributed by atoms with Crippen LogP contribution in [-0.2, 0) is 0 Å². The zero-order valence-electron chi connectivity index (χ0n) is 12.4. The summed E-state index contributed by atoms with van der Waals surface area (Å²) in [5, 5.41) is 16.1. The Morgan fingerprint density at radius 3 is 2.32 bits per heavy atom. The summed E-state index contributed by atoms with van der Waals surface area (Å²) in [7, 11) is 0. The summed E-state index contributed by atoms with van der Waals surface area (Å²) in [5.41, 5.74) is 0.792. The topological polar surface area (TPSA) is 84.3 Å². The third kappa shape index (κ3) is 5.88. The Morgan fingerprint density at radius 2 is 1.80 bits per heavy atom. The van der Waals surface area contributed by atoms with Crippen molar-refractivity contribution in [3.05, 3.63) is 67.8 Å². The molecule has 0 spiro atoms. The maximum absolute atomic E-state index is 12.4. The van der Waals surface area contributed by atoms with Crippen LogP contribution in [0.2, 0.25) is 0 Å². The first kappa shape index (κ1) is 20.0. The number of nitrogens with zero attached hydrogens (tertiary/aromatic N) is 1. The number of hydrogen-bond acceptors (Lipinski definition) is 4. The smallest absolute Gasteiger partial charge is 0.269 e. The van der Waals surface area contributed by atoms with Gasteiger partial charge < -0.3 is 10.6 Å². The summed E-state index contributed by atoms with van der Waals surface area (Å²) >= 11 is 19.9. The zero-order chi connectivity index (χ0) is 18.6. The quantitative estimate of drug-likeness (QED) is 0.199.